The second-order valence-electron chi connectivity index (χ2n) is 3.70. The molecule has 0 aliphatic rings. The van der Waals surface area contributed by atoms with Crippen LogP contribution in [-0.2, 0) is 0 Å². The van der Waals surface area contributed by atoms with E-state index in [1.54, 1.807) is 0 Å². The second kappa shape index (κ2) is 3.77. The normalized spacial score (nSPS) is 10.3. The number of aromatic nitrogens is 1. The lowest BCUT2D eigenvalue weighted by Gasteiger charge is -2.14. The van der Waals surface area contributed by atoms with Crippen molar-refractivity contribution in [2.75, 3.05) is 31.4 Å². The van der Waals surface area contributed by atoms with Gasteiger partial charge in [-0.25, -0.2) is 0 Å². The van der Waals surface area contributed by atoms with E-state index in [0.717, 1.165) is 16.6 Å². The van der Waals surface area contributed by atoms with Crippen molar-refractivity contribution in [3.05, 3.63) is 30.5 Å². The summed E-state index contributed by atoms with van der Waals surface area (Å²) >= 11 is 0. The summed E-state index contributed by atoms with van der Waals surface area (Å²) in [6.45, 7) is 0. The van der Waals surface area contributed by atoms with Crippen LogP contribution in [0, 0.1) is 0 Å². The molecule has 0 saturated heterocycles. The van der Waals surface area contributed by atoms with Crippen LogP contribution in [0.1, 0.15) is 0 Å². The summed E-state index contributed by atoms with van der Waals surface area (Å²) in [6.07, 6.45) is 1.82. The van der Waals surface area contributed by atoms with Crippen LogP contribution in [0.4, 0.5) is 11.4 Å². The van der Waals surface area contributed by atoms with Crippen LogP contribution in [0.2, 0.25) is 0 Å². The molecule has 0 saturated carbocycles. The standard InChI is InChI=1S/C12H15N3/c1-13-11-6-7-14-12-5-4-9(15(2)3)8-10(11)12/h4-8H,1-3H3,(H,13,14). The summed E-state index contributed by atoms with van der Waals surface area (Å²) < 4.78 is 0. The van der Waals surface area contributed by atoms with Gasteiger partial charge in [0.1, 0.15) is 0 Å². The van der Waals surface area contributed by atoms with Gasteiger partial charge in [-0.15, -0.1) is 0 Å². The minimum Gasteiger partial charge on any atom is -0.388 e. The van der Waals surface area contributed by atoms with Crippen LogP contribution < -0.4 is 10.2 Å². The van der Waals surface area contributed by atoms with Crippen LogP contribution in [0.15, 0.2) is 30.5 Å². The van der Waals surface area contributed by atoms with E-state index in [2.05, 4.69) is 27.3 Å². The monoisotopic (exact) mass is 201 g/mol. The fraction of sp³-hybridized carbons (Fsp3) is 0.250. The molecule has 2 rings (SSSR count). The second-order valence-corrected chi connectivity index (χ2v) is 3.70. The molecule has 1 aromatic carbocycles. The third-order valence-electron chi connectivity index (χ3n) is 2.51. The van der Waals surface area contributed by atoms with Gasteiger partial charge in [-0.2, -0.15) is 0 Å². The minimum absolute atomic E-state index is 1.02. The predicted octanol–water partition coefficient (Wildman–Crippen LogP) is 2.34. The molecule has 0 atom stereocenters. The molecule has 0 aliphatic heterocycles. The van der Waals surface area contributed by atoms with Gasteiger partial charge in [0, 0.05) is 44.1 Å². The number of nitrogens with one attached hydrogen (secondary N) is 1. The number of pyridine rings is 1. The van der Waals surface area contributed by atoms with Gasteiger partial charge >= 0.3 is 0 Å². The molecule has 0 bridgehead atoms. The summed E-state index contributed by atoms with van der Waals surface area (Å²) in [7, 11) is 6.00. The van der Waals surface area contributed by atoms with Crippen molar-refractivity contribution >= 4 is 22.3 Å². The first-order valence-corrected chi connectivity index (χ1v) is 4.96. The molecule has 1 N–H and O–H groups in total. The van der Waals surface area contributed by atoms with Gasteiger partial charge in [0.2, 0.25) is 0 Å². The molecule has 78 valence electrons. The Labute approximate surface area is 89.7 Å². The summed E-state index contributed by atoms with van der Waals surface area (Å²) in [6, 6.07) is 8.26. The highest BCUT2D eigenvalue weighted by atomic mass is 15.1. The Morgan fingerprint density at radius 3 is 2.67 bits per heavy atom. The van der Waals surface area contributed by atoms with E-state index >= 15 is 0 Å². The fourth-order valence-electron chi connectivity index (χ4n) is 1.63. The predicted molar refractivity (Wildman–Crippen MR) is 65.6 cm³/mol. The van der Waals surface area contributed by atoms with Gasteiger partial charge in [0.15, 0.2) is 0 Å². The quantitative estimate of drug-likeness (QED) is 0.808. The maximum absolute atomic E-state index is 4.33. The number of anilines is 2. The van der Waals surface area contributed by atoms with Crippen LogP contribution in [-0.4, -0.2) is 26.1 Å². The Balaban J connectivity index is 2.67. The number of hydrogen-bond acceptors (Lipinski definition) is 3. The first-order valence-electron chi connectivity index (χ1n) is 4.96. The van der Waals surface area contributed by atoms with E-state index in [-0.39, 0.29) is 0 Å². The van der Waals surface area contributed by atoms with Gasteiger partial charge in [-0.05, 0) is 24.3 Å². The number of benzene rings is 1. The molecule has 1 heterocycles. The van der Waals surface area contributed by atoms with Crippen LogP contribution >= 0.6 is 0 Å². The Morgan fingerprint density at radius 2 is 2.00 bits per heavy atom. The number of fused-ring (bicyclic) bond motifs is 1. The van der Waals surface area contributed by atoms with Crippen molar-refractivity contribution in [2.45, 2.75) is 0 Å². The van der Waals surface area contributed by atoms with Crippen molar-refractivity contribution in [1.82, 2.24) is 4.98 Å². The molecule has 2 aromatic rings. The Morgan fingerprint density at radius 1 is 1.20 bits per heavy atom. The Kier molecular flexibility index (Phi) is 2.46. The zero-order valence-corrected chi connectivity index (χ0v) is 9.28. The molecule has 3 heteroatoms. The van der Waals surface area contributed by atoms with Gasteiger partial charge < -0.3 is 10.2 Å². The highest BCUT2D eigenvalue weighted by molar-refractivity contribution is 5.93. The molecule has 1 aromatic heterocycles. The summed E-state index contributed by atoms with van der Waals surface area (Å²) in [5.41, 5.74) is 3.32. The largest absolute Gasteiger partial charge is 0.388 e. The van der Waals surface area contributed by atoms with Gasteiger partial charge in [0.25, 0.3) is 0 Å². The minimum atomic E-state index is 1.02. The van der Waals surface area contributed by atoms with E-state index in [9.17, 15) is 0 Å². The van der Waals surface area contributed by atoms with Crippen molar-refractivity contribution in [2.24, 2.45) is 0 Å². The van der Waals surface area contributed by atoms with Crippen molar-refractivity contribution in [3.63, 3.8) is 0 Å². The Bertz CT molecular complexity index is 477. The molecule has 3 nitrogen and oxygen atoms in total. The van der Waals surface area contributed by atoms with Gasteiger partial charge in [-0.1, -0.05) is 0 Å². The molecular weight excluding hydrogens is 186 g/mol. The van der Waals surface area contributed by atoms with Crippen molar-refractivity contribution in [1.29, 1.82) is 0 Å². The average molecular weight is 201 g/mol. The van der Waals surface area contributed by atoms with E-state index in [4.69, 9.17) is 0 Å². The highest BCUT2D eigenvalue weighted by Crippen LogP contribution is 2.25. The van der Waals surface area contributed by atoms with E-state index < -0.39 is 0 Å². The molecule has 15 heavy (non-hydrogen) atoms. The fourth-order valence-corrected chi connectivity index (χ4v) is 1.63. The van der Waals surface area contributed by atoms with Crippen LogP contribution in [0.5, 0.6) is 0 Å². The SMILES string of the molecule is CNc1ccnc2ccc(N(C)C)cc12. The molecule has 0 unspecified atom stereocenters. The molecule has 0 spiro atoms. The smallest absolute Gasteiger partial charge is 0.0724 e. The van der Waals surface area contributed by atoms with Crippen LogP contribution in [0.25, 0.3) is 10.9 Å². The maximum atomic E-state index is 4.33. The Hall–Kier alpha value is -1.77. The van der Waals surface area contributed by atoms with Gasteiger partial charge in [0.05, 0.1) is 5.52 Å². The van der Waals surface area contributed by atoms with Crippen molar-refractivity contribution in [3.8, 4) is 0 Å². The topological polar surface area (TPSA) is 28.2 Å². The van der Waals surface area contributed by atoms with E-state index in [0.29, 0.717) is 0 Å². The lowest BCUT2D eigenvalue weighted by molar-refractivity contribution is 1.13. The lowest BCUT2D eigenvalue weighted by atomic mass is 10.1. The summed E-state index contributed by atoms with van der Waals surface area (Å²) in [5.74, 6) is 0. The van der Waals surface area contributed by atoms with Gasteiger partial charge in [-0.3, -0.25) is 4.98 Å². The highest BCUT2D eigenvalue weighted by Gasteiger charge is 2.02. The number of hydrogen-bond donors (Lipinski definition) is 1. The van der Waals surface area contributed by atoms with Crippen molar-refractivity contribution < 1.29 is 0 Å². The molecule has 0 fully saturated rings. The third-order valence-corrected chi connectivity index (χ3v) is 2.51. The third kappa shape index (κ3) is 1.73. The molecule has 0 aliphatic carbocycles. The lowest BCUT2D eigenvalue weighted by Crippen LogP contribution is -2.08. The number of nitrogens with zero attached hydrogens (tertiary/aromatic N) is 2. The van der Waals surface area contributed by atoms with E-state index in [1.807, 2.05) is 39.5 Å². The number of rotatable bonds is 2. The molecule has 0 amide bonds. The molecular formula is C12H15N3. The summed E-state index contributed by atoms with van der Waals surface area (Å²) in [4.78, 5) is 6.42. The first-order chi connectivity index (χ1) is 7.22. The van der Waals surface area contributed by atoms with E-state index in [1.165, 1.54) is 5.69 Å². The first kappa shape index (κ1) is 9.77. The zero-order chi connectivity index (χ0) is 10.8. The summed E-state index contributed by atoms with van der Waals surface area (Å²) in [5, 5.41) is 4.34. The average Bonchev–Trinajstić information content (AvgIpc) is 2.27. The zero-order valence-electron chi connectivity index (χ0n) is 9.28. The maximum Gasteiger partial charge on any atom is 0.0724 e. The molecule has 0 radical (unpaired) electrons. The van der Waals surface area contributed by atoms with Crippen LogP contribution in [0.3, 0.4) is 0 Å².